The smallest absolute Gasteiger partial charge is 0.356 e. The number of hydrogen-bond donors (Lipinski definition) is 3. The van der Waals surface area contributed by atoms with Crippen LogP contribution in [0.1, 0.15) is 24.3 Å². The molecule has 1 unspecified atom stereocenters. The van der Waals surface area contributed by atoms with E-state index in [1.165, 1.54) is 12.1 Å². The van der Waals surface area contributed by atoms with E-state index in [0.29, 0.717) is 12.4 Å². The van der Waals surface area contributed by atoms with Gasteiger partial charge in [-0.2, -0.15) is 0 Å². The van der Waals surface area contributed by atoms with Gasteiger partial charge < -0.3 is 15.5 Å². The summed E-state index contributed by atoms with van der Waals surface area (Å²) in [7, 11) is 0. The van der Waals surface area contributed by atoms with Crippen LogP contribution >= 0.6 is 0 Å². The molecule has 0 aliphatic rings. The summed E-state index contributed by atoms with van der Waals surface area (Å²) in [6.07, 6.45) is -0.471. The summed E-state index contributed by atoms with van der Waals surface area (Å²) in [6.45, 7) is 4.18. The van der Waals surface area contributed by atoms with E-state index >= 15 is 0 Å². The maximum absolute atomic E-state index is 10.5. The zero-order chi connectivity index (χ0) is 12.1. The molecule has 0 aromatic carbocycles. The van der Waals surface area contributed by atoms with E-state index in [0.717, 1.165) is 0 Å². The lowest BCUT2D eigenvalue weighted by Crippen LogP contribution is -2.25. The highest BCUT2D eigenvalue weighted by atomic mass is 16.4. The summed E-state index contributed by atoms with van der Waals surface area (Å²) in [5, 5.41) is 28.2. The van der Waals surface area contributed by atoms with Crippen LogP contribution in [0.4, 0.5) is 5.82 Å². The zero-order valence-electron chi connectivity index (χ0n) is 9.21. The Kier molecular flexibility index (Phi) is 4.19. The Morgan fingerprint density at radius 2 is 2.12 bits per heavy atom. The van der Waals surface area contributed by atoms with E-state index in [-0.39, 0.29) is 11.6 Å². The van der Waals surface area contributed by atoms with Gasteiger partial charge in [-0.05, 0) is 18.1 Å². The highest BCUT2D eigenvalue weighted by Crippen LogP contribution is 2.05. The predicted octanol–water partition coefficient (Wildman–Crippen LogP) is 0.604. The Bertz CT molecular complexity index is 351. The third-order valence-electron chi connectivity index (χ3n) is 2.15. The summed E-state index contributed by atoms with van der Waals surface area (Å²) in [5.74, 6) is -0.510. The van der Waals surface area contributed by atoms with Crippen LogP contribution in [0.3, 0.4) is 0 Å². The molecule has 0 bridgehead atoms. The Morgan fingerprint density at radius 3 is 2.56 bits per heavy atom. The van der Waals surface area contributed by atoms with Crippen LogP contribution in [0.25, 0.3) is 0 Å². The van der Waals surface area contributed by atoms with Crippen molar-refractivity contribution in [3.63, 3.8) is 0 Å². The fourth-order valence-electron chi connectivity index (χ4n) is 0.985. The first-order valence-corrected chi connectivity index (χ1v) is 4.99. The van der Waals surface area contributed by atoms with Crippen molar-refractivity contribution >= 4 is 11.8 Å². The quantitative estimate of drug-likeness (QED) is 0.679. The minimum atomic E-state index is -1.11. The highest BCUT2D eigenvalue weighted by molar-refractivity contribution is 5.85. The van der Waals surface area contributed by atoms with Crippen LogP contribution < -0.4 is 5.32 Å². The third kappa shape index (κ3) is 3.47. The van der Waals surface area contributed by atoms with Crippen molar-refractivity contribution in [2.75, 3.05) is 11.9 Å². The van der Waals surface area contributed by atoms with Crippen LogP contribution in [0.2, 0.25) is 0 Å². The maximum Gasteiger partial charge on any atom is 0.356 e. The lowest BCUT2D eigenvalue weighted by atomic mass is 10.1. The van der Waals surface area contributed by atoms with Gasteiger partial charge >= 0.3 is 5.97 Å². The summed E-state index contributed by atoms with van der Waals surface area (Å²) in [5.41, 5.74) is -0.102. The van der Waals surface area contributed by atoms with E-state index in [1.807, 2.05) is 13.8 Å². The number of nitrogens with zero attached hydrogens (tertiary/aromatic N) is 2. The van der Waals surface area contributed by atoms with Gasteiger partial charge in [-0.25, -0.2) is 4.79 Å². The van der Waals surface area contributed by atoms with Crippen LogP contribution in [-0.4, -0.2) is 39.0 Å². The number of carboxylic acid groups (broad SMARTS) is 1. The molecule has 1 aromatic heterocycles. The lowest BCUT2D eigenvalue weighted by molar-refractivity contribution is 0.0689. The second-order valence-corrected chi connectivity index (χ2v) is 3.80. The van der Waals surface area contributed by atoms with Crippen molar-refractivity contribution < 1.29 is 15.0 Å². The third-order valence-corrected chi connectivity index (χ3v) is 2.15. The molecule has 1 aromatic rings. The number of aromatic nitrogens is 2. The van der Waals surface area contributed by atoms with Gasteiger partial charge in [0.05, 0.1) is 6.10 Å². The van der Waals surface area contributed by atoms with Crippen molar-refractivity contribution in [3.8, 4) is 0 Å². The Morgan fingerprint density at radius 1 is 1.44 bits per heavy atom. The summed E-state index contributed by atoms with van der Waals surface area (Å²) in [4.78, 5) is 10.5. The van der Waals surface area contributed by atoms with Gasteiger partial charge in [0, 0.05) is 6.54 Å². The predicted molar refractivity (Wildman–Crippen MR) is 58.3 cm³/mol. The first-order valence-electron chi connectivity index (χ1n) is 4.99. The molecule has 0 saturated heterocycles. The lowest BCUT2D eigenvalue weighted by Gasteiger charge is -2.14. The summed E-state index contributed by atoms with van der Waals surface area (Å²) >= 11 is 0. The molecule has 1 atom stereocenters. The number of hydrogen-bond acceptors (Lipinski definition) is 5. The van der Waals surface area contributed by atoms with Gasteiger partial charge in [0.2, 0.25) is 0 Å². The number of aromatic carboxylic acids is 1. The second kappa shape index (κ2) is 5.41. The number of carbonyl (C=O) groups is 1. The molecule has 0 spiro atoms. The normalized spacial score (nSPS) is 12.5. The Balaban J connectivity index is 2.53. The molecule has 1 heterocycles. The van der Waals surface area contributed by atoms with Crippen LogP contribution in [-0.2, 0) is 0 Å². The second-order valence-electron chi connectivity index (χ2n) is 3.80. The van der Waals surface area contributed by atoms with E-state index in [2.05, 4.69) is 15.5 Å². The molecule has 6 heteroatoms. The van der Waals surface area contributed by atoms with Gasteiger partial charge in [-0.1, -0.05) is 13.8 Å². The number of anilines is 1. The number of aliphatic hydroxyl groups is 1. The van der Waals surface area contributed by atoms with Crippen LogP contribution in [0, 0.1) is 5.92 Å². The molecule has 0 aliphatic heterocycles. The molecular formula is C10H15N3O3. The molecular weight excluding hydrogens is 210 g/mol. The van der Waals surface area contributed by atoms with E-state index in [9.17, 15) is 9.90 Å². The molecule has 88 valence electrons. The Hall–Kier alpha value is -1.69. The summed E-state index contributed by atoms with van der Waals surface area (Å²) in [6, 6.07) is 2.88. The van der Waals surface area contributed by atoms with E-state index in [1.54, 1.807) is 0 Å². The molecule has 16 heavy (non-hydrogen) atoms. The molecule has 0 radical (unpaired) electrons. The summed E-state index contributed by atoms with van der Waals surface area (Å²) < 4.78 is 0. The van der Waals surface area contributed by atoms with E-state index in [4.69, 9.17) is 5.11 Å². The first-order chi connectivity index (χ1) is 7.50. The topological polar surface area (TPSA) is 95.3 Å². The molecule has 1 rings (SSSR count). The largest absolute Gasteiger partial charge is 0.476 e. The number of carboxylic acids is 1. The van der Waals surface area contributed by atoms with Gasteiger partial charge in [-0.3, -0.25) is 0 Å². The minimum absolute atomic E-state index is 0.102. The van der Waals surface area contributed by atoms with Crippen molar-refractivity contribution in [1.29, 1.82) is 0 Å². The Labute approximate surface area is 93.3 Å². The molecule has 0 amide bonds. The van der Waals surface area contributed by atoms with Crippen molar-refractivity contribution in [2.45, 2.75) is 20.0 Å². The van der Waals surface area contributed by atoms with Gasteiger partial charge in [0.1, 0.15) is 5.82 Å². The maximum atomic E-state index is 10.5. The first kappa shape index (κ1) is 12.4. The highest BCUT2D eigenvalue weighted by Gasteiger charge is 2.09. The fourth-order valence-corrected chi connectivity index (χ4v) is 0.985. The molecule has 6 nitrogen and oxygen atoms in total. The number of rotatable bonds is 5. The molecule has 0 saturated carbocycles. The SMILES string of the molecule is CC(C)C(O)CNc1ccc(C(=O)O)nn1. The molecule has 0 aliphatic carbocycles. The number of aliphatic hydroxyl groups excluding tert-OH is 1. The van der Waals surface area contributed by atoms with Crippen LogP contribution in [0.5, 0.6) is 0 Å². The fraction of sp³-hybridized carbons (Fsp3) is 0.500. The van der Waals surface area contributed by atoms with Gasteiger partial charge in [0.15, 0.2) is 5.69 Å². The average molecular weight is 225 g/mol. The number of nitrogens with one attached hydrogen (secondary N) is 1. The van der Waals surface area contributed by atoms with Crippen molar-refractivity contribution in [3.05, 3.63) is 17.8 Å². The molecule has 3 N–H and O–H groups in total. The van der Waals surface area contributed by atoms with Crippen molar-refractivity contribution in [2.24, 2.45) is 5.92 Å². The van der Waals surface area contributed by atoms with Gasteiger partial charge in [0.25, 0.3) is 0 Å². The zero-order valence-corrected chi connectivity index (χ0v) is 9.21. The van der Waals surface area contributed by atoms with Crippen molar-refractivity contribution in [1.82, 2.24) is 10.2 Å². The van der Waals surface area contributed by atoms with Gasteiger partial charge in [-0.15, -0.1) is 10.2 Å². The monoisotopic (exact) mass is 225 g/mol. The van der Waals surface area contributed by atoms with E-state index < -0.39 is 12.1 Å². The standard InChI is InChI=1S/C10H15N3O3/c1-6(2)8(14)5-11-9-4-3-7(10(15)16)12-13-9/h3-4,6,8,14H,5H2,1-2H3,(H,11,13)(H,15,16). The molecule has 0 fully saturated rings. The van der Waals surface area contributed by atoms with Crippen LogP contribution in [0.15, 0.2) is 12.1 Å². The average Bonchev–Trinajstić information content (AvgIpc) is 2.26. The minimum Gasteiger partial charge on any atom is -0.476 e.